The molecule has 8 heteroatoms. The number of allylic oxidation sites excluding steroid dienone is 3. The van der Waals surface area contributed by atoms with Gasteiger partial charge in [0.25, 0.3) is 6.47 Å². The molecule has 0 spiro atoms. The number of likely N-dealkylation sites (N-methyl/N-ethyl adjacent to an activating group) is 1. The van der Waals surface area contributed by atoms with Crippen molar-refractivity contribution < 1.29 is 19.1 Å². The summed E-state index contributed by atoms with van der Waals surface area (Å²) >= 11 is 0. The number of benzene rings is 1. The average molecular weight is 741 g/mol. The summed E-state index contributed by atoms with van der Waals surface area (Å²) in [6.07, 6.45) is 13.9. The molecule has 7 rings (SSSR count). The number of carbonyl (C=O) groups excluding carboxylic acids is 3. The van der Waals surface area contributed by atoms with Gasteiger partial charge >= 0.3 is 11.8 Å². The summed E-state index contributed by atoms with van der Waals surface area (Å²) in [7, 11) is 3.28. The number of hydrogen-bond donors (Lipinski definition) is 1. The van der Waals surface area contributed by atoms with Gasteiger partial charge in [0.05, 0.1) is 0 Å². The third-order valence-corrected chi connectivity index (χ3v) is 17.1. The van der Waals surface area contributed by atoms with E-state index in [2.05, 4.69) is 76.5 Å². The van der Waals surface area contributed by atoms with E-state index in [4.69, 9.17) is 4.74 Å². The molecular weight excluding hydrogens is 673 g/mol. The van der Waals surface area contributed by atoms with Crippen LogP contribution in [0.2, 0.25) is 0 Å². The monoisotopic (exact) mass is 741 g/mol. The van der Waals surface area contributed by atoms with Gasteiger partial charge in [-0.2, -0.15) is 0 Å². The molecule has 5 fully saturated rings. The molecule has 0 radical (unpaired) electrons. The lowest BCUT2D eigenvalue weighted by Crippen LogP contribution is -2.68. The Balaban J connectivity index is 1.08. The lowest BCUT2D eigenvalue weighted by Gasteiger charge is -2.72. The molecule has 296 valence electrons. The van der Waals surface area contributed by atoms with Crippen LogP contribution in [0.25, 0.3) is 5.57 Å². The van der Waals surface area contributed by atoms with Crippen molar-refractivity contribution in [2.75, 3.05) is 53.4 Å². The van der Waals surface area contributed by atoms with E-state index in [1.165, 1.54) is 73.0 Å². The van der Waals surface area contributed by atoms with Crippen molar-refractivity contribution in [1.82, 2.24) is 20.0 Å². The number of rotatable bonds is 8. The fourth-order valence-electron chi connectivity index (χ4n) is 14.3. The van der Waals surface area contributed by atoms with Crippen LogP contribution in [-0.2, 0) is 14.4 Å². The van der Waals surface area contributed by atoms with Crippen LogP contribution in [0.1, 0.15) is 105 Å². The molecule has 1 heterocycles. The van der Waals surface area contributed by atoms with E-state index in [0.717, 1.165) is 32.6 Å². The summed E-state index contributed by atoms with van der Waals surface area (Å²) in [4.78, 5) is 41.3. The Kier molecular flexibility index (Phi) is 10.3. The lowest BCUT2D eigenvalue weighted by molar-refractivity contribution is -0.219. The molecule has 1 aromatic rings. The summed E-state index contributed by atoms with van der Waals surface area (Å²) in [5.74, 6) is 2.95. The van der Waals surface area contributed by atoms with E-state index >= 15 is 0 Å². The number of ether oxygens (including phenoxy) is 1. The third kappa shape index (κ3) is 6.11. The van der Waals surface area contributed by atoms with E-state index in [1.807, 2.05) is 12.1 Å². The highest BCUT2D eigenvalue weighted by molar-refractivity contribution is 6.34. The van der Waals surface area contributed by atoms with Gasteiger partial charge in [-0.25, -0.2) is 0 Å². The molecule has 1 aliphatic heterocycles. The van der Waals surface area contributed by atoms with Gasteiger partial charge in [-0.15, -0.1) is 0 Å². The van der Waals surface area contributed by atoms with Gasteiger partial charge in [0.1, 0.15) is 5.75 Å². The van der Waals surface area contributed by atoms with E-state index in [9.17, 15) is 14.4 Å². The molecule has 6 aliphatic rings. The van der Waals surface area contributed by atoms with Gasteiger partial charge in [-0.1, -0.05) is 65.0 Å². The topological polar surface area (TPSA) is 82.2 Å². The third-order valence-electron chi connectivity index (χ3n) is 17.1. The van der Waals surface area contributed by atoms with Gasteiger partial charge in [0, 0.05) is 58.9 Å². The number of carbonyl (C=O) groups is 3. The number of fused-ring (bicyclic) bond motifs is 7. The second kappa shape index (κ2) is 14.2. The molecule has 54 heavy (non-hydrogen) atoms. The number of amides is 2. The summed E-state index contributed by atoms with van der Waals surface area (Å²) in [6.45, 7) is 25.3. The second-order valence-corrected chi connectivity index (χ2v) is 19.9. The van der Waals surface area contributed by atoms with Crippen molar-refractivity contribution >= 4 is 23.9 Å². The van der Waals surface area contributed by atoms with Crippen molar-refractivity contribution in [3.63, 3.8) is 0 Å². The summed E-state index contributed by atoms with van der Waals surface area (Å²) in [6, 6.07) is 8.12. The highest BCUT2D eigenvalue weighted by atomic mass is 16.5. The average Bonchev–Trinajstić information content (AvgIpc) is 3.52. The second-order valence-electron chi connectivity index (χ2n) is 19.9. The molecule has 8 nitrogen and oxygen atoms in total. The Morgan fingerprint density at radius 3 is 2.26 bits per heavy atom. The van der Waals surface area contributed by atoms with Crippen LogP contribution in [0.4, 0.5) is 0 Å². The zero-order chi connectivity index (χ0) is 38.8. The first kappa shape index (κ1) is 39.3. The fraction of sp³-hybridized carbons (Fsp3) is 0.717. The zero-order valence-corrected chi connectivity index (χ0v) is 34.6. The molecule has 1 N–H and O–H groups in total. The molecular formula is C46H68N4O4. The highest BCUT2D eigenvalue weighted by Gasteiger charge is 2.70. The molecule has 9 atom stereocenters. The maximum atomic E-state index is 12.6. The van der Waals surface area contributed by atoms with Crippen molar-refractivity contribution in [2.24, 2.45) is 51.2 Å². The largest absolute Gasteiger partial charge is 0.429 e. The van der Waals surface area contributed by atoms with E-state index < -0.39 is 5.91 Å². The van der Waals surface area contributed by atoms with E-state index in [0.29, 0.717) is 54.9 Å². The maximum Gasteiger partial charge on any atom is 0.312 e. The van der Waals surface area contributed by atoms with Crippen LogP contribution < -0.4 is 10.1 Å². The minimum absolute atomic E-state index is 0.0487. The molecule has 1 aromatic carbocycles. The van der Waals surface area contributed by atoms with Gasteiger partial charge in [-0.05, 0) is 139 Å². The molecule has 1 saturated heterocycles. The van der Waals surface area contributed by atoms with Gasteiger partial charge < -0.3 is 19.9 Å². The number of hydrogen-bond acceptors (Lipinski definition) is 6. The van der Waals surface area contributed by atoms with Crippen LogP contribution >= 0.6 is 0 Å². The molecule has 0 bridgehead atoms. The van der Waals surface area contributed by atoms with Crippen molar-refractivity contribution in [1.29, 1.82) is 0 Å². The Morgan fingerprint density at radius 1 is 0.907 bits per heavy atom. The molecule has 4 saturated carbocycles. The summed E-state index contributed by atoms with van der Waals surface area (Å²) in [5, 5.41) is 4.27. The molecule has 2 amide bonds. The Morgan fingerprint density at radius 2 is 1.61 bits per heavy atom. The minimum atomic E-state index is -0.433. The number of piperazine rings is 1. The zero-order valence-electron chi connectivity index (χ0n) is 34.6. The first-order valence-corrected chi connectivity index (χ1v) is 21.1. The maximum absolute atomic E-state index is 12.6. The predicted molar refractivity (Wildman–Crippen MR) is 215 cm³/mol. The number of nitrogens with one attached hydrogen (secondary N) is 1. The first-order chi connectivity index (χ1) is 25.5. The predicted octanol–water partition coefficient (Wildman–Crippen LogP) is 7.45. The highest BCUT2D eigenvalue weighted by Crippen LogP contribution is 2.76. The van der Waals surface area contributed by atoms with Gasteiger partial charge in [0.15, 0.2) is 0 Å². The first-order valence-electron chi connectivity index (χ1n) is 21.1. The summed E-state index contributed by atoms with van der Waals surface area (Å²) in [5.41, 5.74) is 5.10. The van der Waals surface area contributed by atoms with E-state index in [-0.39, 0.29) is 33.1 Å². The smallest absolute Gasteiger partial charge is 0.312 e. The van der Waals surface area contributed by atoms with E-state index in [1.54, 1.807) is 19.0 Å². The minimum Gasteiger partial charge on any atom is -0.429 e. The van der Waals surface area contributed by atoms with Crippen LogP contribution in [0, 0.1) is 51.2 Å². The Labute approximate surface area is 325 Å². The van der Waals surface area contributed by atoms with Crippen molar-refractivity contribution in [3.05, 3.63) is 48.1 Å². The molecule has 0 unspecified atom stereocenters. The van der Waals surface area contributed by atoms with Crippen molar-refractivity contribution in [3.8, 4) is 5.75 Å². The fourth-order valence-corrected chi connectivity index (χ4v) is 14.3. The van der Waals surface area contributed by atoms with Gasteiger partial charge in [-0.3, -0.25) is 19.3 Å². The van der Waals surface area contributed by atoms with Crippen LogP contribution in [0.5, 0.6) is 5.75 Å². The van der Waals surface area contributed by atoms with Gasteiger partial charge in [0.2, 0.25) is 0 Å². The lowest BCUT2D eigenvalue weighted by atomic mass is 9.33. The van der Waals surface area contributed by atoms with Crippen LogP contribution in [0.15, 0.2) is 42.5 Å². The molecule has 5 aliphatic carbocycles. The van der Waals surface area contributed by atoms with Crippen LogP contribution in [0.3, 0.4) is 0 Å². The molecule has 0 aromatic heterocycles. The standard InChI is InChI=1S/C46H68N4O4/c1-31(2)34-16-21-46(47-24-25-49-26-28-50(29-27-49)41(53)40(52)48(8)9)23-22-44(6)36(39(34)46)14-15-38-43(5)19-17-35(32-10-12-33(13-11-32)54-30-51)42(3,4)37(43)18-20-45(38,44)7/h10-13,17,30,34,36-39,47H,1,14-16,18-29H2,2-9H3/t34-,36+,37-,38+,39+,43-,44+,45+,46-/m0/s1. The number of nitrogens with zero attached hydrogens (tertiary/aromatic N) is 3. The van der Waals surface area contributed by atoms with Crippen molar-refractivity contribution in [2.45, 2.75) is 105 Å². The quantitative estimate of drug-likeness (QED) is 0.170. The van der Waals surface area contributed by atoms with Crippen LogP contribution in [-0.4, -0.2) is 91.9 Å². The normalized spacial score (nSPS) is 38.6. The SMILES string of the molecule is C=C(C)[C@@H]1CC[C@]2(NCCN3CCN(C(=O)C(=O)N(C)C)CC3)CC[C@]3(C)[C@H](CC[C@@H]4[C@@]5(C)CC=C(c6ccc(OC=O)cc6)C(C)(C)[C@@H]5CC[C@]43C)[C@@H]12. The Bertz CT molecular complexity index is 1660. The summed E-state index contributed by atoms with van der Waals surface area (Å²) < 4.78 is 5.11. The Hall–Kier alpha value is -2.97.